The number of hydrogen-bond donors (Lipinski definition) is 0. The Morgan fingerprint density at radius 1 is 1.17 bits per heavy atom. The maximum absolute atomic E-state index is 13.0. The molecule has 0 spiro atoms. The lowest BCUT2D eigenvalue weighted by molar-refractivity contribution is 0.104. The van der Waals surface area contributed by atoms with Gasteiger partial charge >= 0.3 is 0 Å². The van der Waals surface area contributed by atoms with Crippen LogP contribution in [0.5, 0.6) is 11.5 Å². The van der Waals surface area contributed by atoms with Gasteiger partial charge in [0.25, 0.3) is 0 Å². The van der Waals surface area contributed by atoms with Gasteiger partial charge in [0.05, 0.1) is 37.5 Å². The van der Waals surface area contributed by atoms with Gasteiger partial charge in [-0.3, -0.25) is 9.48 Å². The molecule has 0 amide bonds. The van der Waals surface area contributed by atoms with Crippen LogP contribution >= 0.6 is 0 Å². The standard InChI is InChI=1S/C21H24N2O5S/c1-12-17(13(2)23(22-12)16-5-6-29(25,26)11-16)8-15-7-14-9-19(27-3)20(28-4)10-18(14)21(15)24/h8-10,16H,5-7,11H2,1-4H3/b15-8-/t16-/m1/s1. The average Bonchev–Trinajstić information content (AvgIpc) is 3.29. The van der Waals surface area contributed by atoms with E-state index < -0.39 is 9.84 Å². The highest BCUT2D eigenvalue weighted by Gasteiger charge is 2.32. The molecule has 4 rings (SSSR count). The lowest BCUT2D eigenvalue weighted by atomic mass is 10.1. The second-order valence-corrected chi connectivity index (χ2v) is 9.85. The maximum atomic E-state index is 13.0. The molecule has 29 heavy (non-hydrogen) atoms. The van der Waals surface area contributed by atoms with Gasteiger partial charge in [0.2, 0.25) is 0 Å². The molecule has 2 aliphatic rings. The summed E-state index contributed by atoms with van der Waals surface area (Å²) in [5.74, 6) is 1.42. The molecule has 0 bridgehead atoms. The minimum Gasteiger partial charge on any atom is -0.493 e. The Morgan fingerprint density at radius 3 is 2.48 bits per heavy atom. The van der Waals surface area contributed by atoms with Crippen LogP contribution in [0.4, 0.5) is 0 Å². The molecule has 1 atom stereocenters. The Morgan fingerprint density at radius 2 is 1.86 bits per heavy atom. The minimum absolute atomic E-state index is 0.0315. The summed E-state index contributed by atoms with van der Waals surface area (Å²) >= 11 is 0. The van der Waals surface area contributed by atoms with Crippen LogP contribution in [0.3, 0.4) is 0 Å². The SMILES string of the molecule is COc1cc2c(cc1OC)C(=O)/C(=C\c1c(C)nn([C@@H]3CCS(=O)(=O)C3)c1C)C2. The zero-order chi connectivity index (χ0) is 20.9. The van der Waals surface area contributed by atoms with Crippen LogP contribution in [0, 0.1) is 13.8 Å². The summed E-state index contributed by atoms with van der Waals surface area (Å²) in [6.45, 7) is 3.81. The van der Waals surface area contributed by atoms with Gasteiger partial charge in [-0.1, -0.05) is 0 Å². The number of carbonyl (C=O) groups excluding carboxylic acids is 1. The van der Waals surface area contributed by atoms with Crippen LogP contribution in [0.2, 0.25) is 0 Å². The average molecular weight is 416 g/mol. The predicted molar refractivity (Wildman–Crippen MR) is 110 cm³/mol. The molecule has 2 heterocycles. The number of sulfone groups is 1. The van der Waals surface area contributed by atoms with Crippen LogP contribution < -0.4 is 9.47 Å². The number of Topliss-reactive ketones (excluding diaryl/α,β-unsaturated/α-hetero) is 1. The molecule has 2 aromatic rings. The smallest absolute Gasteiger partial charge is 0.189 e. The normalized spacial score (nSPS) is 21.6. The van der Waals surface area contributed by atoms with E-state index >= 15 is 0 Å². The number of carbonyl (C=O) groups is 1. The van der Waals surface area contributed by atoms with Gasteiger partial charge in [0.1, 0.15) is 0 Å². The number of benzene rings is 1. The lowest BCUT2D eigenvalue weighted by Gasteiger charge is -2.11. The number of fused-ring (bicyclic) bond motifs is 1. The Balaban J connectivity index is 1.69. The highest BCUT2D eigenvalue weighted by Crippen LogP contribution is 2.37. The second-order valence-electron chi connectivity index (χ2n) is 7.63. The molecule has 1 fully saturated rings. The summed E-state index contributed by atoms with van der Waals surface area (Å²) in [4.78, 5) is 13.0. The van der Waals surface area contributed by atoms with E-state index in [-0.39, 0.29) is 23.3 Å². The van der Waals surface area contributed by atoms with Gasteiger partial charge in [0, 0.05) is 28.8 Å². The number of rotatable bonds is 4. The molecule has 7 nitrogen and oxygen atoms in total. The van der Waals surface area contributed by atoms with Gasteiger partial charge in [-0.05, 0) is 44.0 Å². The Labute approximate surface area is 170 Å². The molecular weight excluding hydrogens is 392 g/mol. The van der Waals surface area contributed by atoms with Crippen LogP contribution in [0.1, 0.15) is 45.3 Å². The number of aryl methyl sites for hydroxylation is 1. The summed E-state index contributed by atoms with van der Waals surface area (Å²) in [6.07, 6.45) is 2.97. The summed E-state index contributed by atoms with van der Waals surface area (Å²) < 4.78 is 36.2. The fraction of sp³-hybridized carbons (Fsp3) is 0.429. The highest BCUT2D eigenvalue weighted by atomic mass is 32.2. The van der Waals surface area contributed by atoms with Gasteiger partial charge in [-0.2, -0.15) is 5.10 Å². The number of nitrogens with zero attached hydrogens (tertiary/aromatic N) is 2. The first-order valence-electron chi connectivity index (χ1n) is 9.50. The molecule has 154 valence electrons. The van der Waals surface area contributed by atoms with Crippen LogP contribution in [-0.2, 0) is 16.3 Å². The fourth-order valence-corrected chi connectivity index (χ4v) is 5.93. The quantitative estimate of drug-likeness (QED) is 0.712. The van der Waals surface area contributed by atoms with Crippen molar-refractivity contribution in [1.29, 1.82) is 0 Å². The zero-order valence-electron chi connectivity index (χ0n) is 17.0. The van der Waals surface area contributed by atoms with E-state index in [1.807, 2.05) is 30.7 Å². The van der Waals surface area contributed by atoms with Gasteiger partial charge in [-0.15, -0.1) is 0 Å². The monoisotopic (exact) mass is 416 g/mol. The predicted octanol–water partition coefficient (Wildman–Crippen LogP) is 2.70. The van der Waals surface area contributed by atoms with Gasteiger partial charge < -0.3 is 9.47 Å². The van der Waals surface area contributed by atoms with Crippen molar-refractivity contribution in [2.24, 2.45) is 0 Å². The highest BCUT2D eigenvalue weighted by molar-refractivity contribution is 7.91. The van der Waals surface area contributed by atoms with E-state index in [0.29, 0.717) is 35.5 Å². The fourth-order valence-electron chi connectivity index (χ4n) is 4.24. The number of ketones is 1. The molecule has 1 saturated heterocycles. The minimum atomic E-state index is -3.00. The van der Waals surface area contributed by atoms with Crippen molar-refractivity contribution in [3.63, 3.8) is 0 Å². The Kier molecular flexibility index (Phi) is 4.77. The van der Waals surface area contributed by atoms with Crippen molar-refractivity contribution >= 4 is 21.7 Å². The number of aromatic nitrogens is 2. The molecule has 8 heteroatoms. The van der Waals surface area contributed by atoms with E-state index in [0.717, 1.165) is 22.5 Å². The summed E-state index contributed by atoms with van der Waals surface area (Å²) in [7, 11) is 0.119. The third-order valence-electron chi connectivity index (χ3n) is 5.78. The Bertz CT molecular complexity index is 1140. The van der Waals surface area contributed by atoms with E-state index in [1.54, 1.807) is 20.3 Å². The lowest BCUT2D eigenvalue weighted by Crippen LogP contribution is -2.14. The van der Waals surface area contributed by atoms with E-state index in [2.05, 4.69) is 5.10 Å². The van der Waals surface area contributed by atoms with Crippen molar-refractivity contribution in [1.82, 2.24) is 9.78 Å². The molecule has 0 unspecified atom stereocenters. The van der Waals surface area contributed by atoms with Gasteiger partial charge in [0.15, 0.2) is 27.1 Å². The molecular formula is C21H24N2O5S. The largest absolute Gasteiger partial charge is 0.493 e. The van der Waals surface area contributed by atoms with E-state index in [4.69, 9.17) is 9.47 Å². The van der Waals surface area contributed by atoms with Crippen molar-refractivity contribution in [3.05, 3.63) is 45.8 Å². The molecule has 1 aromatic carbocycles. The number of methoxy groups -OCH3 is 2. The molecule has 0 saturated carbocycles. The molecule has 1 aliphatic heterocycles. The first kappa shape index (κ1) is 19.7. The van der Waals surface area contributed by atoms with Crippen molar-refractivity contribution in [2.45, 2.75) is 32.7 Å². The summed E-state index contributed by atoms with van der Waals surface area (Å²) in [5.41, 5.74) is 4.76. The second kappa shape index (κ2) is 7.02. The maximum Gasteiger partial charge on any atom is 0.189 e. The number of allylic oxidation sites excluding steroid dienone is 1. The van der Waals surface area contributed by atoms with Gasteiger partial charge in [-0.25, -0.2) is 8.42 Å². The van der Waals surface area contributed by atoms with Crippen LogP contribution in [-0.4, -0.2) is 49.7 Å². The zero-order valence-corrected chi connectivity index (χ0v) is 17.8. The third kappa shape index (κ3) is 3.35. The number of hydrogen-bond acceptors (Lipinski definition) is 6. The van der Waals surface area contributed by atoms with Crippen molar-refractivity contribution in [2.75, 3.05) is 25.7 Å². The third-order valence-corrected chi connectivity index (χ3v) is 7.53. The van der Waals surface area contributed by atoms with Crippen molar-refractivity contribution < 1.29 is 22.7 Å². The summed E-state index contributed by atoms with van der Waals surface area (Å²) in [6, 6.07) is 3.43. The van der Waals surface area contributed by atoms with Crippen LogP contribution in [0.15, 0.2) is 17.7 Å². The number of ether oxygens (including phenoxy) is 2. The molecule has 0 N–H and O–H groups in total. The van der Waals surface area contributed by atoms with E-state index in [1.165, 1.54) is 0 Å². The Hall–Kier alpha value is -2.61. The first-order valence-corrected chi connectivity index (χ1v) is 11.3. The van der Waals surface area contributed by atoms with Crippen molar-refractivity contribution in [3.8, 4) is 11.5 Å². The topological polar surface area (TPSA) is 87.5 Å². The van der Waals surface area contributed by atoms with E-state index in [9.17, 15) is 13.2 Å². The van der Waals surface area contributed by atoms with Crippen LogP contribution in [0.25, 0.3) is 6.08 Å². The molecule has 1 aromatic heterocycles. The first-order chi connectivity index (χ1) is 13.7. The summed E-state index contributed by atoms with van der Waals surface area (Å²) in [5, 5.41) is 4.59. The molecule has 0 radical (unpaired) electrons. The molecule has 1 aliphatic carbocycles.